The van der Waals surface area contributed by atoms with Gasteiger partial charge in [-0.15, -0.1) is 0 Å². The Bertz CT molecular complexity index is 2260. The fourth-order valence-electron chi connectivity index (χ4n) is 6.39. The number of unbranched alkanes of at least 4 members (excludes halogenated alkanes) is 2. The molecule has 7 unspecified atom stereocenters. The predicted molar refractivity (Wildman–Crippen MR) is 257 cm³/mol. The van der Waals surface area contributed by atoms with E-state index in [0.29, 0.717) is 6.42 Å². The number of aromatic nitrogens is 4. The lowest BCUT2D eigenvalue weighted by Gasteiger charge is -2.30. The van der Waals surface area contributed by atoms with E-state index in [4.69, 9.17) is 19.5 Å². The Kier molecular flexibility index (Phi) is 25.9. The van der Waals surface area contributed by atoms with Crippen molar-refractivity contribution in [1.29, 1.82) is 0 Å². The van der Waals surface area contributed by atoms with Crippen LogP contribution in [0.3, 0.4) is 0 Å². The molecule has 25 nitrogen and oxygen atoms in total. The van der Waals surface area contributed by atoms with E-state index in [1.54, 1.807) is 0 Å². The second kappa shape index (κ2) is 29.9. The third kappa shape index (κ3) is 22.5. The Morgan fingerprint density at radius 1 is 0.914 bits per heavy atom. The number of aliphatic hydroxyl groups is 3. The maximum Gasteiger partial charge on any atom is 0.481 e. The molecule has 0 aliphatic carbocycles. The lowest BCUT2D eigenvalue weighted by molar-refractivity contribution is -0.137. The van der Waals surface area contributed by atoms with Crippen LogP contribution in [0.4, 0.5) is 5.82 Å². The van der Waals surface area contributed by atoms with Gasteiger partial charge in [0, 0.05) is 37.1 Å². The van der Waals surface area contributed by atoms with Crippen molar-refractivity contribution in [3.8, 4) is 0 Å². The largest absolute Gasteiger partial charge is 0.481 e. The minimum absolute atomic E-state index is 0.00946. The molecule has 70 heavy (non-hydrogen) atoms. The van der Waals surface area contributed by atoms with E-state index in [1.165, 1.54) is 13.8 Å². The normalized spacial score (nSPS) is 20.7. The summed E-state index contributed by atoms with van der Waals surface area (Å²) in [5, 5.41) is 36.6. The molecule has 1 aliphatic heterocycles. The molecule has 11 N–H and O–H groups in total. The third-order valence-electron chi connectivity index (χ3n) is 10.0. The number of fused-ring (bicyclic) bond motifs is 1. The number of thioether (sulfide) groups is 1. The first-order valence-electron chi connectivity index (χ1n) is 22.3. The number of allylic oxidation sites excluding steroid dienone is 8. The standard InChI is InChI=1S/C41H66N7O18P3S/c1-4-5-6-7-8-9-10-11-12-13-14-15-16-17-18-19-29(49)24-32(51)70-23-22-43-31(50)20-21-44-39(54)36(53)41(2,3)26-63-69(60,61)66-68(58,59)62-25-30-35(65-67(55,56)57)34(52)40(64-30)48-28-47-33-37(42)45-27-46-38(33)48/h5-6,8-9,11-12,14-15,27-30,34-36,40,49,52-53H,4,7,10,13,16-26H2,1-3H3,(H,43,50)(H,44,54)(H,58,59)(H,60,61)(H2,42,45,46)(H2,55,56,57)/b6-5-,9-8-,12-11-,15-14-/t29?,30?,34?,35?,36?,40-/m0/s1. The highest BCUT2D eigenvalue weighted by molar-refractivity contribution is 8.13. The number of hydrogen-bond acceptors (Lipinski definition) is 19. The van der Waals surface area contributed by atoms with Crippen LogP contribution in [0.1, 0.15) is 91.2 Å². The first-order valence-corrected chi connectivity index (χ1v) is 27.8. The summed E-state index contributed by atoms with van der Waals surface area (Å²) in [6.07, 6.45) is 16.1. The Hall–Kier alpha value is -3.52. The number of carbonyl (C=O) groups is 3. The Labute approximate surface area is 409 Å². The van der Waals surface area contributed by atoms with Crippen LogP contribution in [0.15, 0.2) is 61.3 Å². The molecule has 0 aromatic carbocycles. The number of anilines is 1. The van der Waals surface area contributed by atoms with Crippen molar-refractivity contribution >= 4 is 69.1 Å². The smallest absolute Gasteiger partial charge is 0.393 e. The molecule has 29 heteroatoms. The molecule has 0 radical (unpaired) electrons. The van der Waals surface area contributed by atoms with Gasteiger partial charge in [-0.05, 0) is 44.9 Å². The monoisotopic (exact) mass is 1070 g/mol. The van der Waals surface area contributed by atoms with Gasteiger partial charge in [0.15, 0.2) is 22.8 Å². The topological polar surface area (TPSA) is 384 Å². The molecule has 1 saturated heterocycles. The molecule has 2 amide bonds. The number of aliphatic hydroxyl groups excluding tert-OH is 3. The summed E-state index contributed by atoms with van der Waals surface area (Å²) in [7, 11) is -16.5. The fourth-order valence-corrected chi connectivity index (χ4v) is 9.96. The van der Waals surface area contributed by atoms with Crippen LogP contribution in [-0.4, -0.2) is 134 Å². The van der Waals surface area contributed by atoms with E-state index in [-0.39, 0.29) is 53.8 Å². The van der Waals surface area contributed by atoms with Gasteiger partial charge in [-0.25, -0.2) is 28.6 Å². The van der Waals surface area contributed by atoms with Crippen LogP contribution < -0.4 is 16.4 Å². The summed E-state index contributed by atoms with van der Waals surface area (Å²) in [5.41, 5.74) is 4.24. The molecule has 0 saturated carbocycles. The molecule has 2 aromatic heterocycles. The first-order chi connectivity index (χ1) is 32.9. The van der Waals surface area contributed by atoms with Crippen molar-refractivity contribution in [2.45, 2.75) is 122 Å². The van der Waals surface area contributed by atoms with E-state index in [0.717, 1.165) is 73.9 Å². The zero-order chi connectivity index (χ0) is 52.0. The summed E-state index contributed by atoms with van der Waals surface area (Å²) in [5.74, 6) is -1.26. The quantitative estimate of drug-likeness (QED) is 0.0276. The van der Waals surface area contributed by atoms with Gasteiger partial charge in [0.2, 0.25) is 11.8 Å². The lowest BCUT2D eigenvalue weighted by Crippen LogP contribution is -2.46. The minimum atomic E-state index is -5.59. The highest BCUT2D eigenvalue weighted by atomic mass is 32.2. The number of nitrogens with two attached hydrogens (primary N) is 1. The predicted octanol–water partition coefficient (Wildman–Crippen LogP) is 3.78. The Morgan fingerprint density at radius 3 is 2.21 bits per heavy atom. The van der Waals surface area contributed by atoms with Gasteiger partial charge in [-0.2, -0.15) is 4.31 Å². The summed E-state index contributed by atoms with van der Waals surface area (Å²) in [4.78, 5) is 88.4. The first kappa shape index (κ1) is 60.8. The van der Waals surface area contributed by atoms with Gasteiger partial charge >= 0.3 is 23.5 Å². The van der Waals surface area contributed by atoms with Crippen LogP contribution in [0.5, 0.6) is 0 Å². The van der Waals surface area contributed by atoms with Crippen molar-refractivity contribution in [3.63, 3.8) is 0 Å². The second-order valence-corrected chi connectivity index (χ2v) is 21.8. The van der Waals surface area contributed by atoms with Gasteiger partial charge in [-0.3, -0.25) is 32.5 Å². The van der Waals surface area contributed by atoms with Gasteiger partial charge < -0.3 is 56.0 Å². The molecule has 2 aromatic rings. The third-order valence-corrected chi connectivity index (χ3v) is 14.0. The number of amides is 2. The highest BCUT2D eigenvalue weighted by Crippen LogP contribution is 2.61. The fraction of sp³-hybridized carbons (Fsp3) is 0.610. The van der Waals surface area contributed by atoms with Crippen molar-refractivity contribution in [1.82, 2.24) is 30.2 Å². The van der Waals surface area contributed by atoms with Crippen LogP contribution in [0.2, 0.25) is 0 Å². The number of hydrogen-bond donors (Lipinski definition) is 10. The molecular formula is C41H66N7O18P3S. The Balaban J connectivity index is 1.31. The van der Waals surface area contributed by atoms with Gasteiger partial charge in [-0.1, -0.05) is 87.6 Å². The Morgan fingerprint density at radius 2 is 1.56 bits per heavy atom. The number of nitrogens with zero attached hydrogens (tertiary/aromatic N) is 4. The van der Waals surface area contributed by atoms with Crippen LogP contribution in [0.25, 0.3) is 11.2 Å². The number of imidazole rings is 1. The molecule has 3 rings (SSSR count). The SMILES string of the molecule is CC/C=C\C/C=C\C/C=C\C/C=C\CCCCC(O)CC(=O)SCCNC(=O)CCNC(=O)C(O)C(C)(C)COP(=O)(O)OP(=O)(O)OCC1O[C@H](n2cnc3c(N)ncnc32)C(O)C1OP(=O)(O)O. The number of rotatable bonds is 33. The van der Waals surface area contributed by atoms with Crippen molar-refractivity contribution < 1.29 is 85.6 Å². The van der Waals surface area contributed by atoms with Crippen molar-refractivity contribution in [2.24, 2.45) is 5.41 Å². The van der Waals surface area contributed by atoms with Gasteiger partial charge in [0.05, 0.1) is 25.6 Å². The summed E-state index contributed by atoms with van der Waals surface area (Å²) in [6.45, 7) is 2.47. The van der Waals surface area contributed by atoms with Crippen molar-refractivity contribution in [3.05, 3.63) is 61.3 Å². The molecule has 0 spiro atoms. The van der Waals surface area contributed by atoms with E-state index >= 15 is 0 Å². The second-order valence-electron chi connectivity index (χ2n) is 16.4. The van der Waals surface area contributed by atoms with Gasteiger partial charge in [0.1, 0.15) is 36.3 Å². The number of ether oxygens (including phenoxy) is 1. The highest BCUT2D eigenvalue weighted by Gasteiger charge is 2.50. The molecule has 3 heterocycles. The average molecular weight is 1070 g/mol. The van der Waals surface area contributed by atoms with Crippen LogP contribution in [-0.2, 0) is 50.7 Å². The average Bonchev–Trinajstić information content (AvgIpc) is 3.84. The molecule has 1 fully saturated rings. The van der Waals surface area contributed by atoms with Crippen LogP contribution in [0, 0.1) is 5.41 Å². The lowest BCUT2D eigenvalue weighted by atomic mass is 9.87. The zero-order valence-corrected chi connectivity index (χ0v) is 42.6. The number of phosphoric acid groups is 3. The van der Waals surface area contributed by atoms with E-state index in [2.05, 4.69) is 90.0 Å². The molecular weight excluding hydrogens is 1000 g/mol. The molecule has 8 atom stereocenters. The summed E-state index contributed by atoms with van der Waals surface area (Å²) in [6, 6.07) is 0. The summed E-state index contributed by atoms with van der Waals surface area (Å²) >= 11 is 0.978. The van der Waals surface area contributed by atoms with E-state index in [1.807, 2.05) is 0 Å². The molecule has 394 valence electrons. The van der Waals surface area contributed by atoms with E-state index in [9.17, 15) is 63.0 Å². The number of nitrogens with one attached hydrogen (secondary N) is 2. The van der Waals surface area contributed by atoms with Crippen LogP contribution >= 0.6 is 35.2 Å². The maximum atomic E-state index is 12.7. The molecule has 1 aliphatic rings. The zero-order valence-electron chi connectivity index (χ0n) is 39.1. The number of nitrogen functional groups attached to an aromatic ring is 1. The number of carbonyl (C=O) groups excluding carboxylic acids is 3. The van der Waals surface area contributed by atoms with E-state index < -0.39 is 90.7 Å². The minimum Gasteiger partial charge on any atom is -0.393 e. The van der Waals surface area contributed by atoms with Crippen molar-refractivity contribution in [2.75, 3.05) is 37.8 Å². The summed E-state index contributed by atoms with van der Waals surface area (Å²) < 4.78 is 62.4. The maximum absolute atomic E-state index is 12.7. The molecule has 0 bridgehead atoms. The van der Waals surface area contributed by atoms with Gasteiger partial charge in [0.25, 0.3) is 0 Å². The number of phosphoric ester groups is 3.